The topological polar surface area (TPSA) is 59.8 Å². The Morgan fingerprint density at radius 1 is 1.22 bits per heavy atom. The van der Waals surface area contributed by atoms with Gasteiger partial charge in [0.2, 0.25) is 5.91 Å². The number of rotatable bonds is 7. The van der Waals surface area contributed by atoms with Crippen LogP contribution in [0.2, 0.25) is 0 Å². The molecule has 0 aromatic carbocycles. The highest BCUT2D eigenvalue weighted by molar-refractivity contribution is 5.78. The number of nitrogens with one attached hydrogen (secondary N) is 1. The molecule has 1 amide bonds. The maximum Gasteiger partial charge on any atom is 0.223 e. The smallest absolute Gasteiger partial charge is 0.223 e. The van der Waals surface area contributed by atoms with Gasteiger partial charge in [0.25, 0.3) is 0 Å². The summed E-state index contributed by atoms with van der Waals surface area (Å²) < 4.78 is 0. The van der Waals surface area contributed by atoms with Crippen molar-refractivity contribution in [1.82, 2.24) is 20.3 Å². The van der Waals surface area contributed by atoms with Crippen LogP contribution < -0.4 is 5.32 Å². The van der Waals surface area contributed by atoms with Crippen molar-refractivity contribution in [2.45, 2.75) is 53.1 Å². The number of nitrogens with zero attached hydrogens (tertiary/aromatic N) is 3. The van der Waals surface area contributed by atoms with E-state index in [0.29, 0.717) is 12.5 Å². The van der Waals surface area contributed by atoms with Gasteiger partial charge < -0.3 is 5.32 Å². The van der Waals surface area contributed by atoms with Gasteiger partial charge in [-0.15, -0.1) is 0 Å². The quantitative estimate of drug-likeness (QED) is 0.805. The lowest BCUT2D eigenvalue weighted by Gasteiger charge is -2.24. The maximum absolute atomic E-state index is 12.1. The third-order valence-corrected chi connectivity index (χ3v) is 3.32. The second-order valence-electron chi connectivity index (χ2n) is 4.96. The van der Waals surface area contributed by atoms with Gasteiger partial charge in [0.15, 0.2) is 0 Å². The van der Waals surface area contributed by atoms with Crippen molar-refractivity contribution in [2.24, 2.45) is 11.8 Å². The first-order valence-corrected chi connectivity index (χ1v) is 6.72. The van der Waals surface area contributed by atoms with Crippen LogP contribution in [0.3, 0.4) is 0 Å². The molecule has 1 N–H and O–H groups in total. The predicted octanol–water partition coefficient (Wildman–Crippen LogP) is 1.86. The third kappa shape index (κ3) is 4.13. The largest absolute Gasteiger partial charge is 0.351 e. The van der Waals surface area contributed by atoms with E-state index in [1.165, 1.54) is 0 Å². The molecule has 0 radical (unpaired) electrons. The standard InChI is InChI=1S/C13H24N4O/c1-5-11(6-2)13(18)16-12(10(3)4)9-17-14-7-8-15-17/h7-8,10-12H,5-6,9H2,1-4H3,(H,16,18). The van der Waals surface area contributed by atoms with E-state index in [0.717, 1.165) is 12.8 Å². The first kappa shape index (κ1) is 14.7. The van der Waals surface area contributed by atoms with Gasteiger partial charge in [-0.05, 0) is 18.8 Å². The highest BCUT2D eigenvalue weighted by Crippen LogP contribution is 2.10. The second kappa shape index (κ2) is 7.13. The molecule has 0 spiro atoms. The van der Waals surface area contributed by atoms with Crippen LogP contribution in [0.5, 0.6) is 0 Å². The van der Waals surface area contributed by atoms with E-state index >= 15 is 0 Å². The lowest BCUT2D eigenvalue weighted by Crippen LogP contribution is -2.44. The molecule has 0 saturated carbocycles. The zero-order valence-electron chi connectivity index (χ0n) is 11.8. The van der Waals surface area contributed by atoms with Crippen molar-refractivity contribution in [3.63, 3.8) is 0 Å². The highest BCUT2D eigenvalue weighted by atomic mass is 16.1. The molecule has 102 valence electrons. The Kier molecular flexibility index (Phi) is 5.82. The minimum Gasteiger partial charge on any atom is -0.351 e. The van der Waals surface area contributed by atoms with Crippen LogP contribution in [-0.2, 0) is 11.3 Å². The summed E-state index contributed by atoms with van der Waals surface area (Å²) in [7, 11) is 0. The van der Waals surface area contributed by atoms with Crippen molar-refractivity contribution in [1.29, 1.82) is 0 Å². The van der Waals surface area contributed by atoms with Crippen molar-refractivity contribution in [2.75, 3.05) is 0 Å². The normalized spacial score (nSPS) is 13.0. The summed E-state index contributed by atoms with van der Waals surface area (Å²) in [5, 5.41) is 11.3. The summed E-state index contributed by atoms with van der Waals surface area (Å²) >= 11 is 0. The molecule has 1 unspecified atom stereocenters. The van der Waals surface area contributed by atoms with Gasteiger partial charge in [-0.1, -0.05) is 27.7 Å². The zero-order valence-corrected chi connectivity index (χ0v) is 11.8. The highest BCUT2D eigenvalue weighted by Gasteiger charge is 2.21. The number of carbonyl (C=O) groups is 1. The Hall–Kier alpha value is -1.39. The summed E-state index contributed by atoms with van der Waals surface area (Å²) in [6.07, 6.45) is 5.07. The maximum atomic E-state index is 12.1. The summed E-state index contributed by atoms with van der Waals surface area (Å²) in [4.78, 5) is 13.7. The summed E-state index contributed by atoms with van der Waals surface area (Å²) in [6.45, 7) is 8.92. The van der Waals surface area contributed by atoms with E-state index < -0.39 is 0 Å². The van der Waals surface area contributed by atoms with Gasteiger partial charge in [0.05, 0.1) is 25.0 Å². The van der Waals surface area contributed by atoms with Crippen LogP contribution in [0.25, 0.3) is 0 Å². The minimum atomic E-state index is 0.0745. The lowest BCUT2D eigenvalue weighted by atomic mass is 9.99. The number of carbonyl (C=O) groups excluding carboxylic acids is 1. The summed E-state index contributed by atoms with van der Waals surface area (Å²) in [5.41, 5.74) is 0. The molecule has 1 rings (SSSR count). The summed E-state index contributed by atoms with van der Waals surface area (Å²) in [6, 6.07) is 0.0745. The monoisotopic (exact) mass is 252 g/mol. The van der Waals surface area contributed by atoms with E-state index in [1.54, 1.807) is 17.2 Å². The number of amides is 1. The van der Waals surface area contributed by atoms with E-state index in [9.17, 15) is 4.79 Å². The average Bonchev–Trinajstić information content (AvgIpc) is 2.82. The molecule has 18 heavy (non-hydrogen) atoms. The van der Waals surface area contributed by atoms with Crippen molar-refractivity contribution >= 4 is 5.91 Å². The first-order chi connectivity index (χ1) is 8.58. The van der Waals surface area contributed by atoms with Crippen molar-refractivity contribution in [3.8, 4) is 0 Å². The first-order valence-electron chi connectivity index (χ1n) is 6.72. The molecule has 0 bridgehead atoms. The van der Waals surface area contributed by atoms with Crippen LogP contribution in [0.1, 0.15) is 40.5 Å². The van der Waals surface area contributed by atoms with Gasteiger partial charge in [-0.3, -0.25) is 4.79 Å². The Balaban J connectivity index is 2.60. The van der Waals surface area contributed by atoms with E-state index in [2.05, 4.69) is 29.4 Å². The molecule has 0 fully saturated rings. The molecule has 0 aliphatic heterocycles. The van der Waals surface area contributed by atoms with Gasteiger partial charge in [0, 0.05) is 5.92 Å². The minimum absolute atomic E-state index is 0.0745. The lowest BCUT2D eigenvalue weighted by molar-refractivity contribution is -0.126. The van der Waals surface area contributed by atoms with E-state index in [-0.39, 0.29) is 17.9 Å². The van der Waals surface area contributed by atoms with Crippen molar-refractivity contribution in [3.05, 3.63) is 12.4 Å². The number of hydrogen-bond acceptors (Lipinski definition) is 3. The van der Waals surface area contributed by atoms with E-state index in [4.69, 9.17) is 0 Å². The molecule has 1 heterocycles. The third-order valence-electron chi connectivity index (χ3n) is 3.32. The van der Waals surface area contributed by atoms with Crippen LogP contribution in [-0.4, -0.2) is 26.9 Å². The Bertz CT molecular complexity index is 344. The van der Waals surface area contributed by atoms with Crippen molar-refractivity contribution < 1.29 is 4.79 Å². The predicted molar refractivity (Wildman–Crippen MR) is 70.9 cm³/mol. The van der Waals surface area contributed by atoms with Crippen LogP contribution in [0, 0.1) is 11.8 Å². The molecule has 1 aromatic heterocycles. The van der Waals surface area contributed by atoms with Crippen LogP contribution in [0.15, 0.2) is 12.4 Å². The molecule has 0 saturated heterocycles. The van der Waals surface area contributed by atoms with E-state index in [1.807, 2.05) is 13.8 Å². The van der Waals surface area contributed by atoms with Gasteiger partial charge in [-0.25, -0.2) is 0 Å². The zero-order chi connectivity index (χ0) is 13.5. The molecule has 1 atom stereocenters. The summed E-state index contributed by atoms with van der Waals surface area (Å²) in [5.74, 6) is 0.608. The van der Waals surface area contributed by atoms with Crippen LogP contribution in [0.4, 0.5) is 0 Å². The fourth-order valence-electron chi connectivity index (χ4n) is 1.90. The molecular formula is C13H24N4O. The fourth-order valence-corrected chi connectivity index (χ4v) is 1.90. The molecule has 5 nitrogen and oxygen atoms in total. The second-order valence-corrected chi connectivity index (χ2v) is 4.96. The van der Waals surface area contributed by atoms with Gasteiger partial charge in [0.1, 0.15) is 0 Å². The Morgan fingerprint density at radius 3 is 2.22 bits per heavy atom. The molecule has 0 aliphatic carbocycles. The van der Waals surface area contributed by atoms with Gasteiger partial charge in [-0.2, -0.15) is 15.0 Å². The molecule has 1 aromatic rings. The number of hydrogen-bond donors (Lipinski definition) is 1. The van der Waals surface area contributed by atoms with Crippen LogP contribution >= 0.6 is 0 Å². The van der Waals surface area contributed by atoms with Gasteiger partial charge >= 0.3 is 0 Å². The Morgan fingerprint density at radius 2 is 1.78 bits per heavy atom. The average molecular weight is 252 g/mol. The molecule has 0 aliphatic rings. The molecule has 5 heteroatoms. The SMILES string of the molecule is CCC(CC)C(=O)NC(Cn1nccn1)C(C)C. The molecular weight excluding hydrogens is 228 g/mol. The number of aromatic nitrogens is 3. The fraction of sp³-hybridized carbons (Fsp3) is 0.769. The Labute approximate surface area is 109 Å².